The maximum Gasteiger partial charge on any atom is 0.0661 e. The molecule has 0 fully saturated rings. The summed E-state index contributed by atoms with van der Waals surface area (Å²) in [6.07, 6.45) is 4.44. The van der Waals surface area contributed by atoms with Gasteiger partial charge in [-0.15, -0.1) is 0 Å². The van der Waals surface area contributed by atoms with Crippen LogP contribution in [0.15, 0.2) is 30.5 Å². The monoisotopic (exact) mass is 278 g/mol. The van der Waals surface area contributed by atoms with Crippen LogP contribution in [0.2, 0.25) is 5.02 Å². The summed E-state index contributed by atoms with van der Waals surface area (Å²) in [6.45, 7) is 7.72. The smallest absolute Gasteiger partial charge is 0.0661 e. The van der Waals surface area contributed by atoms with Crippen molar-refractivity contribution in [2.24, 2.45) is 5.92 Å². The van der Waals surface area contributed by atoms with Crippen LogP contribution < -0.4 is 5.32 Å². The van der Waals surface area contributed by atoms with Crippen molar-refractivity contribution in [3.8, 4) is 0 Å². The molecule has 0 unspecified atom stereocenters. The summed E-state index contributed by atoms with van der Waals surface area (Å²) in [5.41, 5.74) is 1.24. The van der Waals surface area contributed by atoms with Crippen molar-refractivity contribution in [1.82, 2.24) is 9.88 Å². The van der Waals surface area contributed by atoms with E-state index in [0.717, 1.165) is 36.0 Å². The Morgan fingerprint density at radius 3 is 2.79 bits per heavy atom. The fourth-order valence-electron chi connectivity index (χ4n) is 2.31. The Hall–Kier alpha value is -0.990. The van der Waals surface area contributed by atoms with Gasteiger partial charge in [0.05, 0.1) is 5.02 Å². The molecule has 0 saturated heterocycles. The van der Waals surface area contributed by atoms with Crippen LogP contribution in [0.3, 0.4) is 0 Å². The number of fused-ring (bicyclic) bond motifs is 1. The topological polar surface area (TPSA) is 17.0 Å². The van der Waals surface area contributed by atoms with E-state index >= 15 is 0 Å². The SMILES string of the molecule is CC(C)CNCCCCn1cc(Cl)c2ccccc21. The molecule has 0 saturated carbocycles. The first-order valence-corrected chi connectivity index (χ1v) is 7.50. The second-order valence-electron chi connectivity index (χ2n) is 5.49. The Morgan fingerprint density at radius 2 is 2.00 bits per heavy atom. The minimum absolute atomic E-state index is 0.729. The largest absolute Gasteiger partial charge is 0.346 e. The van der Waals surface area contributed by atoms with Crippen LogP contribution in [0.1, 0.15) is 26.7 Å². The van der Waals surface area contributed by atoms with Gasteiger partial charge in [0.15, 0.2) is 0 Å². The molecular formula is C16H23ClN2. The van der Waals surface area contributed by atoms with Gasteiger partial charge in [0, 0.05) is 23.6 Å². The lowest BCUT2D eigenvalue weighted by Gasteiger charge is -2.08. The van der Waals surface area contributed by atoms with E-state index in [2.05, 4.69) is 41.9 Å². The number of unbranched alkanes of at least 4 members (excludes halogenated alkanes) is 1. The quantitative estimate of drug-likeness (QED) is 0.747. The zero-order valence-corrected chi connectivity index (χ0v) is 12.6. The van der Waals surface area contributed by atoms with Crippen molar-refractivity contribution < 1.29 is 0 Å². The number of aromatic nitrogens is 1. The predicted molar refractivity (Wildman–Crippen MR) is 83.9 cm³/mol. The molecule has 3 heteroatoms. The molecule has 104 valence electrons. The van der Waals surface area contributed by atoms with Gasteiger partial charge in [0.2, 0.25) is 0 Å². The summed E-state index contributed by atoms with van der Waals surface area (Å²) in [4.78, 5) is 0. The molecule has 2 rings (SSSR count). The lowest BCUT2D eigenvalue weighted by atomic mass is 10.2. The minimum atomic E-state index is 0.729. The number of para-hydroxylation sites is 1. The van der Waals surface area contributed by atoms with Gasteiger partial charge >= 0.3 is 0 Å². The zero-order valence-electron chi connectivity index (χ0n) is 11.8. The van der Waals surface area contributed by atoms with Crippen LogP contribution in [0.4, 0.5) is 0 Å². The van der Waals surface area contributed by atoms with Gasteiger partial charge in [-0.25, -0.2) is 0 Å². The van der Waals surface area contributed by atoms with Gasteiger partial charge in [-0.1, -0.05) is 43.6 Å². The van der Waals surface area contributed by atoms with Gasteiger partial charge in [-0.05, 0) is 37.9 Å². The first-order chi connectivity index (χ1) is 9.18. The molecule has 2 aromatic rings. The summed E-state index contributed by atoms with van der Waals surface area (Å²) in [5, 5.41) is 5.49. The van der Waals surface area contributed by atoms with E-state index in [1.54, 1.807) is 0 Å². The van der Waals surface area contributed by atoms with E-state index in [1.807, 2.05) is 12.3 Å². The molecule has 0 atom stereocenters. The van der Waals surface area contributed by atoms with Gasteiger partial charge in [0.1, 0.15) is 0 Å². The highest BCUT2D eigenvalue weighted by Gasteiger charge is 2.05. The van der Waals surface area contributed by atoms with E-state index in [9.17, 15) is 0 Å². The second-order valence-corrected chi connectivity index (χ2v) is 5.90. The predicted octanol–water partition coefficient (Wildman–Crippen LogP) is 4.32. The van der Waals surface area contributed by atoms with Crippen molar-refractivity contribution in [2.75, 3.05) is 13.1 Å². The number of halogens is 1. The molecule has 0 radical (unpaired) electrons. The standard InChI is InChI=1S/C16H23ClN2/c1-13(2)11-18-9-5-6-10-19-12-15(17)14-7-3-4-8-16(14)19/h3-4,7-8,12-13,18H,5-6,9-11H2,1-2H3. The van der Waals surface area contributed by atoms with Crippen LogP contribution in [-0.2, 0) is 6.54 Å². The number of hydrogen-bond donors (Lipinski definition) is 1. The van der Waals surface area contributed by atoms with E-state index in [1.165, 1.54) is 18.4 Å². The lowest BCUT2D eigenvalue weighted by molar-refractivity contribution is 0.522. The Bertz CT molecular complexity index is 516. The van der Waals surface area contributed by atoms with Gasteiger partial charge in [-0.2, -0.15) is 0 Å². The fourth-order valence-corrected chi connectivity index (χ4v) is 2.59. The first-order valence-electron chi connectivity index (χ1n) is 7.12. The summed E-state index contributed by atoms with van der Waals surface area (Å²) >= 11 is 6.24. The van der Waals surface area contributed by atoms with Crippen LogP contribution in [0.25, 0.3) is 10.9 Å². The Morgan fingerprint density at radius 1 is 1.21 bits per heavy atom. The highest BCUT2D eigenvalue weighted by atomic mass is 35.5. The van der Waals surface area contributed by atoms with Crippen molar-refractivity contribution in [3.05, 3.63) is 35.5 Å². The highest BCUT2D eigenvalue weighted by Crippen LogP contribution is 2.25. The number of nitrogens with one attached hydrogen (secondary N) is 1. The molecule has 0 spiro atoms. The normalized spacial score (nSPS) is 11.6. The molecular weight excluding hydrogens is 256 g/mol. The fraction of sp³-hybridized carbons (Fsp3) is 0.500. The number of benzene rings is 1. The van der Waals surface area contributed by atoms with Crippen molar-refractivity contribution in [1.29, 1.82) is 0 Å². The Kier molecular flexibility index (Phi) is 5.29. The van der Waals surface area contributed by atoms with Gasteiger partial charge in [-0.3, -0.25) is 0 Å². The van der Waals surface area contributed by atoms with E-state index in [4.69, 9.17) is 11.6 Å². The lowest BCUT2D eigenvalue weighted by Crippen LogP contribution is -2.20. The molecule has 19 heavy (non-hydrogen) atoms. The van der Waals surface area contributed by atoms with Crippen molar-refractivity contribution in [2.45, 2.75) is 33.2 Å². The third kappa shape index (κ3) is 3.99. The number of aryl methyl sites for hydroxylation is 1. The van der Waals surface area contributed by atoms with Crippen LogP contribution in [-0.4, -0.2) is 17.7 Å². The average Bonchev–Trinajstić information content (AvgIpc) is 2.71. The Balaban J connectivity index is 1.82. The van der Waals surface area contributed by atoms with Crippen molar-refractivity contribution in [3.63, 3.8) is 0 Å². The van der Waals surface area contributed by atoms with Gasteiger partial charge in [0.25, 0.3) is 0 Å². The zero-order chi connectivity index (χ0) is 13.7. The van der Waals surface area contributed by atoms with Crippen molar-refractivity contribution >= 4 is 22.5 Å². The molecule has 0 amide bonds. The molecule has 1 heterocycles. The second kappa shape index (κ2) is 6.97. The number of rotatable bonds is 7. The van der Waals surface area contributed by atoms with Gasteiger partial charge < -0.3 is 9.88 Å². The molecule has 0 aliphatic carbocycles. The summed E-state index contributed by atoms with van der Waals surface area (Å²) < 4.78 is 2.26. The molecule has 1 aromatic carbocycles. The molecule has 0 aliphatic heterocycles. The third-order valence-electron chi connectivity index (χ3n) is 3.30. The van der Waals surface area contributed by atoms with E-state index < -0.39 is 0 Å². The molecule has 2 nitrogen and oxygen atoms in total. The molecule has 1 aromatic heterocycles. The van der Waals surface area contributed by atoms with E-state index in [-0.39, 0.29) is 0 Å². The summed E-state index contributed by atoms with van der Waals surface area (Å²) in [6, 6.07) is 8.32. The highest BCUT2D eigenvalue weighted by molar-refractivity contribution is 6.35. The summed E-state index contributed by atoms with van der Waals surface area (Å²) in [5.74, 6) is 0.729. The minimum Gasteiger partial charge on any atom is -0.346 e. The Labute approximate surface area is 120 Å². The maximum absolute atomic E-state index is 6.24. The summed E-state index contributed by atoms with van der Waals surface area (Å²) in [7, 11) is 0. The number of nitrogens with zero attached hydrogens (tertiary/aromatic N) is 1. The van der Waals surface area contributed by atoms with Crippen LogP contribution in [0, 0.1) is 5.92 Å². The van der Waals surface area contributed by atoms with Crippen LogP contribution in [0.5, 0.6) is 0 Å². The molecule has 0 bridgehead atoms. The van der Waals surface area contributed by atoms with Crippen LogP contribution >= 0.6 is 11.6 Å². The molecule has 1 N–H and O–H groups in total. The first kappa shape index (κ1) is 14.4. The third-order valence-corrected chi connectivity index (χ3v) is 3.60. The average molecular weight is 279 g/mol. The molecule has 0 aliphatic rings. The van der Waals surface area contributed by atoms with E-state index in [0.29, 0.717) is 0 Å². The number of hydrogen-bond acceptors (Lipinski definition) is 1. The maximum atomic E-state index is 6.24.